The zero-order chi connectivity index (χ0) is 12.6. The Bertz CT molecular complexity index is 450. The number of benzene rings is 1. The molecule has 0 atom stereocenters. The molecule has 0 saturated heterocycles. The molecule has 0 spiro atoms. The van der Waals surface area contributed by atoms with E-state index >= 15 is 0 Å². The van der Waals surface area contributed by atoms with E-state index in [1.807, 2.05) is 0 Å². The summed E-state index contributed by atoms with van der Waals surface area (Å²) >= 11 is 0. The number of hydrogen-bond donors (Lipinski definition) is 1. The summed E-state index contributed by atoms with van der Waals surface area (Å²) in [4.78, 5) is 10.5. The highest BCUT2D eigenvalue weighted by atomic mass is 19.2. The van der Waals surface area contributed by atoms with Crippen molar-refractivity contribution in [1.29, 1.82) is 0 Å². The normalized spacial score (nSPS) is 10.3. The number of hydrogen-bond acceptors (Lipinski definition) is 1. The van der Waals surface area contributed by atoms with Crippen LogP contribution in [0.4, 0.5) is 22.0 Å². The zero-order valence-electron chi connectivity index (χ0n) is 7.45. The lowest BCUT2D eigenvalue weighted by atomic mass is 10.0. The molecular weight excluding hydrogens is 235 g/mol. The third-order valence-electron chi connectivity index (χ3n) is 1.75. The molecule has 0 aliphatic rings. The van der Waals surface area contributed by atoms with Crippen LogP contribution in [-0.2, 0) is 0 Å². The molecule has 0 aromatic heterocycles. The molecule has 0 bridgehead atoms. The zero-order valence-corrected chi connectivity index (χ0v) is 7.45. The minimum absolute atomic E-state index is 1.54. The van der Waals surface area contributed by atoms with Gasteiger partial charge in [-0.15, -0.1) is 0 Å². The van der Waals surface area contributed by atoms with Gasteiger partial charge in [-0.25, -0.2) is 26.7 Å². The van der Waals surface area contributed by atoms with Crippen molar-refractivity contribution in [2.24, 2.45) is 0 Å². The van der Waals surface area contributed by atoms with Crippen LogP contribution in [0.15, 0.2) is 6.58 Å². The second-order valence-corrected chi connectivity index (χ2v) is 2.72. The van der Waals surface area contributed by atoms with Crippen LogP contribution in [0.2, 0.25) is 0 Å². The van der Waals surface area contributed by atoms with E-state index in [1.165, 1.54) is 0 Å². The molecule has 0 radical (unpaired) electrons. The second-order valence-electron chi connectivity index (χ2n) is 2.72. The fraction of sp³-hybridized carbons (Fsp3) is 0. The lowest BCUT2D eigenvalue weighted by Crippen LogP contribution is -2.12. The van der Waals surface area contributed by atoms with E-state index in [1.54, 1.807) is 0 Å². The topological polar surface area (TPSA) is 37.3 Å². The van der Waals surface area contributed by atoms with Crippen LogP contribution in [0.1, 0.15) is 15.9 Å². The maximum absolute atomic E-state index is 13.0. The van der Waals surface area contributed by atoms with Crippen LogP contribution in [0.5, 0.6) is 0 Å². The van der Waals surface area contributed by atoms with Crippen molar-refractivity contribution in [1.82, 2.24) is 0 Å². The van der Waals surface area contributed by atoms with Crippen LogP contribution >= 0.6 is 0 Å². The standard InChI is InChI=1S/C9H3F5O2/c1-2(10)3-4(9(15)16)6(12)8(14)7(13)5(3)11/h1H2,(H,15,16). The van der Waals surface area contributed by atoms with Gasteiger partial charge in [-0.3, -0.25) is 0 Å². The number of carboxylic acid groups (broad SMARTS) is 1. The van der Waals surface area contributed by atoms with Gasteiger partial charge < -0.3 is 5.11 Å². The highest BCUT2D eigenvalue weighted by molar-refractivity contribution is 5.93. The van der Waals surface area contributed by atoms with E-state index in [2.05, 4.69) is 6.58 Å². The van der Waals surface area contributed by atoms with Crippen molar-refractivity contribution >= 4 is 11.8 Å². The Hall–Kier alpha value is -1.92. The predicted octanol–water partition coefficient (Wildman–Crippen LogP) is 2.88. The van der Waals surface area contributed by atoms with Gasteiger partial charge >= 0.3 is 5.97 Å². The average Bonchev–Trinajstić information content (AvgIpc) is 2.18. The van der Waals surface area contributed by atoms with Gasteiger partial charge in [-0.1, -0.05) is 6.58 Å². The van der Waals surface area contributed by atoms with Crippen LogP contribution in [-0.4, -0.2) is 11.1 Å². The Morgan fingerprint density at radius 2 is 1.31 bits per heavy atom. The average molecular weight is 238 g/mol. The fourth-order valence-corrected chi connectivity index (χ4v) is 1.09. The van der Waals surface area contributed by atoms with E-state index in [4.69, 9.17) is 5.11 Å². The second kappa shape index (κ2) is 3.92. The molecule has 0 aliphatic heterocycles. The molecule has 0 saturated carbocycles. The molecule has 1 rings (SSSR count). The molecule has 0 fully saturated rings. The molecule has 0 heterocycles. The van der Waals surface area contributed by atoms with Gasteiger partial charge in [0.1, 0.15) is 11.4 Å². The maximum Gasteiger partial charge on any atom is 0.339 e. The van der Waals surface area contributed by atoms with E-state index in [0.29, 0.717) is 0 Å². The van der Waals surface area contributed by atoms with Gasteiger partial charge in [0.15, 0.2) is 23.3 Å². The van der Waals surface area contributed by atoms with Crippen LogP contribution < -0.4 is 0 Å². The quantitative estimate of drug-likeness (QED) is 0.488. The Kier molecular flexibility index (Phi) is 2.97. The Labute approximate surface area is 85.6 Å². The molecular formula is C9H3F5O2. The lowest BCUT2D eigenvalue weighted by Gasteiger charge is -2.08. The molecule has 1 N–H and O–H groups in total. The smallest absolute Gasteiger partial charge is 0.339 e. The highest BCUT2D eigenvalue weighted by Crippen LogP contribution is 2.29. The highest BCUT2D eigenvalue weighted by Gasteiger charge is 2.30. The van der Waals surface area contributed by atoms with E-state index in [0.717, 1.165) is 0 Å². The van der Waals surface area contributed by atoms with Crippen LogP contribution in [0, 0.1) is 23.3 Å². The first-order chi connectivity index (χ1) is 7.29. The minimum Gasteiger partial charge on any atom is -0.478 e. The number of carbonyl (C=O) groups is 1. The first-order valence-electron chi connectivity index (χ1n) is 3.73. The molecule has 0 unspecified atom stereocenters. The summed E-state index contributed by atoms with van der Waals surface area (Å²) in [5.74, 6) is -12.8. The first kappa shape index (κ1) is 12.2. The van der Waals surface area contributed by atoms with Gasteiger partial charge in [0.25, 0.3) is 0 Å². The monoisotopic (exact) mass is 238 g/mol. The number of carboxylic acids is 1. The van der Waals surface area contributed by atoms with E-state index in [-0.39, 0.29) is 0 Å². The van der Waals surface area contributed by atoms with Gasteiger partial charge in [0, 0.05) is 0 Å². The van der Waals surface area contributed by atoms with Gasteiger partial charge in [-0.05, 0) is 0 Å². The number of aromatic carboxylic acids is 1. The summed E-state index contributed by atoms with van der Waals surface area (Å²) in [5.41, 5.74) is -3.17. The molecule has 16 heavy (non-hydrogen) atoms. The third-order valence-corrected chi connectivity index (χ3v) is 1.75. The van der Waals surface area contributed by atoms with Crippen molar-refractivity contribution in [3.8, 4) is 0 Å². The molecule has 86 valence electrons. The van der Waals surface area contributed by atoms with Gasteiger partial charge in [0.2, 0.25) is 0 Å². The van der Waals surface area contributed by atoms with E-state index in [9.17, 15) is 26.7 Å². The summed E-state index contributed by atoms with van der Waals surface area (Å²) in [7, 11) is 0. The van der Waals surface area contributed by atoms with Gasteiger partial charge in [0.05, 0.1) is 5.56 Å². The Morgan fingerprint density at radius 3 is 1.62 bits per heavy atom. The molecule has 1 aromatic rings. The van der Waals surface area contributed by atoms with Crippen LogP contribution in [0.25, 0.3) is 5.83 Å². The Morgan fingerprint density at radius 1 is 0.938 bits per heavy atom. The van der Waals surface area contributed by atoms with Crippen molar-refractivity contribution in [2.45, 2.75) is 0 Å². The van der Waals surface area contributed by atoms with Crippen molar-refractivity contribution < 1.29 is 31.9 Å². The van der Waals surface area contributed by atoms with Crippen molar-refractivity contribution in [3.63, 3.8) is 0 Å². The summed E-state index contributed by atoms with van der Waals surface area (Å²) < 4.78 is 63.9. The molecule has 0 aliphatic carbocycles. The molecule has 1 aromatic carbocycles. The lowest BCUT2D eigenvalue weighted by molar-refractivity contribution is 0.0688. The minimum atomic E-state index is -2.32. The third kappa shape index (κ3) is 1.64. The van der Waals surface area contributed by atoms with Gasteiger partial charge in [-0.2, -0.15) is 0 Å². The van der Waals surface area contributed by atoms with Crippen LogP contribution in [0.3, 0.4) is 0 Å². The number of rotatable bonds is 2. The maximum atomic E-state index is 13.0. The van der Waals surface area contributed by atoms with Crippen molar-refractivity contribution in [3.05, 3.63) is 41.0 Å². The summed E-state index contributed by atoms with van der Waals surface area (Å²) in [6, 6.07) is 0. The molecule has 2 nitrogen and oxygen atoms in total. The first-order valence-corrected chi connectivity index (χ1v) is 3.73. The van der Waals surface area contributed by atoms with Crippen molar-refractivity contribution in [2.75, 3.05) is 0 Å². The predicted molar refractivity (Wildman–Crippen MR) is 43.4 cm³/mol. The van der Waals surface area contributed by atoms with E-state index < -0.39 is 46.2 Å². The summed E-state index contributed by atoms with van der Waals surface area (Å²) in [6.45, 7) is 2.52. The fourth-order valence-electron chi connectivity index (χ4n) is 1.09. The number of halogens is 5. The molecule has 0 amide bonds. The molecule has 7 heteroatoms. The summed E-state index contributed by atoms with van der Waals surface area (Å²) in [6.07, 6.45) is 0. The Balaban J connectivity index is 3.83. The summed E-state index contributed by atoms with van der Waals surface area (Å²) in [5, 5.41) is 8.43. The SMILES string of the molecule is C=C(F)c1c(F)c(F)c(F)c(F)c1C(=O)O. The largest absolute Gasteiger partial charge is 0.478 e.